The quantitative estimate of drug-likeness (QED) is 0.147. The monoisotopic (exact) mass is 740 g/mol. The van der Waals surface area contributed by atoms with Crippen molar-refractivity contribution in [3.05, 3.63) is 53.6 Å². The number of carbonyl (C=O) groups is 2. The van der Waals surface area contributed by atoms with Crippen LogP contribution in [0.25, 0.3) is 0 Å². The van der Waals surface area contributed by atoms with Gasteiger partial charge in [0.2, 0.25) is 0 Å². The first-order valence-electron chi connectivity index (χ1n) is 19.5. The molecule has 1 heterocycles. The van der Waals surface area contributed by atoms with Crippen LogP contribution in [0, 0.1) is 17.8 Å². The minimum Gasteiger partial charge on any atom is -0.479 e. The summed E-state index contributed by atoms with van der Waals surface area (Å²) in [7, 11) is -4.14. The van der Waals surface area contributed by atoms with E-state index in [-0.39, 0.29) is 64.2 Å². The van der Waals surface area contributed by atoms with Crippen LogP contribution in [0.15, 0.2) is 48.1 Å². The zero-order valence-corrected chi connectivity index (χ0v) is 36.0. The van der Waals surface area contributed by atoms with Crippen LogP contribution >= 0.6 is 0 Å². The molecule has 0 saturated carbocycles. The van der Waals surface area contributed by atoms with E-state index in [1.807, 2.05) is 31.2 Å². The molecule has 0 N–H and O–H groups in total. The standard InChI is InChI=1S/C42H68O7Si2/c1-14-29-17-20-31(21-18-29)45-36(15-2)40(44)47-37-26-33(48-50(10,11)41(4,5)6)24-30-19-16-28(3)35(39(30)37)23-22-32-25-34(27-38(43)46-32)49-51(12,13)42(7,8)9/h16-21,24,28,32-37,39H,14-15,22-23,25-27H2,1-13H3/t28-,32+,33+,34+,35-,36?,37-,39-/m0/s1. The van der Waals surface area contributed by atoms with Crippen LogP contribution in [0.5, 0.6) is 5.75 Å². The van der Waals surface area contributed by atoms with Gasteiger partial charge in [-0.1, -0.05) is 92.7 Å². The number of ether oxygens (including phenoxy) is 3. The Morgan fingerprint density at radius 2 is 1.55 bits per heavy atom. The fourth-order valence-electron chi connectivity index (χ4n) is 7.18. The zero-order valence-electron chi connectivity index (χ0n) is 34.0. The smallest absolute Gasteiger partial charge is 0.347 e. The van der Waals surface area contributed by atoms with Crippen molar-refractivity contribution in [2.45, 2.75) is 174 Å². The highest BCUT2D eigenvalue weighted by Gasteiger charge is 2.47. The van der Waals surface area contributed by atoms with Crippen LogP contribution in [-0.4, -0.2) is 59.1 Å². The molecule has 1 unspecified atom stereocenters. The number of allylic oxidation sites excluding steroid dienone is 2. The number of hydrogen-bond acceptors (Lipinski definition) is 7. The molecule has 1 aromatic carbocycles. The van der Waals surface area contributed by atoms with Crippen molar-refractivity contribution >= 4 is 28.6 Å². The van der Waals surface area contributed by atoms with Crippen molar-refractivity contribution in [3.8, 4) is 5.75 Å². The van der Waals surface area contributed by atoms with Gasteiger partial charge in [0.15, 0.2) is 22.7 Å². The van der Waals surface area contributed by atoms with E-state index in [9.17, 15) is 9.59 Å². The normalized spacial score (nSPS) is 28.0. The number of carbonyl (C=O) groups excluding carboxylic acids is 2. The van der Waals surface area contributed by atoms with Gasteiger partial charge in [-0.3, -0.25) is 4.79 Å². The molecule has 3 aliphatic rings. The molecule has 1 aliphatic heterocycles. The molecule has 9 heteroatoms. The Balaban J connectivity index is 1.56. The number of esters is 2. The molecule has 4 rings (SSSR count). The van der Waals surface area contributed by atoms with Crippen molar-refractivity contribution in [1.82, 2.24) is 0 Å². The number of aryl methyl sites for hydroxylation is 1. The van der Waals surface area contributed by atoms with E-state index in [4.69, 9.17) is 23.1 Å². The maximum atomic E-state index is 14.0. The molecular formula is C42H68O7Si2. The van der Waals surface area contributed by atoms with Gasteiger partial charge in [0, 0.05) is 18.8 Å². The first kappa shape index (κ1) is 41.5. The first-order chi connectivity index (χ1) is 23.6. The van der Waals surface area contributed by atoms with Crippen molar-refractivity contribution in [2.75, 3.05) is 0 Å². The SMILES string of the molecule is CCc1ccc(OC(CC)C(=O)O[C@H]2C[C@H](O[Si](C)(C)C(C)(C)C)C=C3C=C[C@H](C)[C@H](CC[C@@H]4C[C@@H](O[Si](C)(C)C(C)(C)C)CC(=O)O4)[C@H]32)cc1. The van der Waals surface area contributed by atoms with Crippen LogP contribution in [0.2, 0.25) is 36.3 Å². The second-order valence-electron chi connectivity index (χ2n) is 18.3. The highest BCUT2D eigenvalue weighted by Crippen LogP contribution is 2.47. The molecule has 1 aromatic rings. The van der Waals surface area contributed by atoms with Gasteiger partial charge >= 0.3 is 11.9 Å². The Morgan fingerprint density at radius 3 is 2.14 bits per heavy atom. The topological polar surface area (TPSA) is 80.3 Å². The van der Waals surface area contributed by atoms with Crippen molar-refractivity contribution in [1.29, 1.82) is 0 Å². The van der Waals surface area contributed by atoms with Crippen molar-refractivity contribution in [3.63, 3.8) is 0 Å². The summed E-state index contributed by atoms with van der Waals surface area (Å²) in [5.41, 5.74) is 2.40. The Bertz CT molecular complexity index is 1400. The molecule has 0 aromatic heterocycles. The van der Waals surface area contributed by atoms with E-state index < -0.39 is 22.7 Å². The molecule has 0 bridgehead atoms. The molecule has 8 atom stereocenters. The minimum absolute atomic E-state index is 0.00753. The second-order valence-corrected chi connectivity index (χ2v) is 27.9. The number of benzene rings is 1. The summed E-state index contributed by atoms with van der Waals surface area (Å²) in [4.78, 5) is 26.8. The lowest BCUT2D eigenvalue weighted by Crippen LogP contribution is -2.49. The van der Waals surface area contributed by atoms with Crippen LogP contribution in [0.3, 0.4) is 0 Å². The van der Waals surface area contributed by atoms with E-state index in [1.54, 1.807) is 0 Å². The van der Waals surface area contributed by atoms with Gasteiger partial charge in [0.05, 0.1) is 18.6 Å². The third-order valence-electron chi connectivity index (χ3n) is 12.4. The largest absolute Gasteiger partial charge is 0.479 e. The lowest BCUT2D eigenvalue weighted by atomic mass is 9.66. The van der Waals surface area contributed by atoms with Gasteiger partial charge in [-0.15, -0.1) is 0 Å². The van der Waals surface area contributed by atoms with Gasteiger partial charge < -0.3 is 23.1 Å². The molecule has 0 radical (unpaired) electrons. The van der Waals surface area contributed by atoms with Crippen LogP contribution in [0.4, 0.5) is 0 Å². The summed E-state index contributed by atoms with van der Waals surface area (Å²) in [6.07, 6.45) is 9.95. The maximum absolute atomic E-state index is 14.0. The lowest BCUT2D eigenvalue weighted by Gasteiger charge is -2.46. The number of hydrogen-bond donors (Lipinski definition) is 0. The summed E-state index contributed by atoms with van der Waals surface area (Å²) in [5, 5.41) is 0.115. The van der Waals surface area contributed by atoms with E-state index in [0.717, 1.165) is 25.7 Å². The molecule has 51 heavy (non-hydrogen) atoms. The number of rotatable bonds is 13. The molecule has 0 spiro atoms. The Kier molecular flexibility index (Phi) is 13.4. The summed E-state index contributed by atoms with van der Waals surface area (Å²) in [5.74, 6) is 0.646. The Morgan fingerprint density at radius 1 is 0.922 bits per heavy atom. The predicted octanol–water partition coefficient (Wildman–Crippen LogP) is 10.4. The minimum atomic E-state index is -2.11. The van der Waals surface area contributed by atoms with Crippen LogP contribution in [-0.2, 0) is 34.3 Å². The van der Waals surface area contributed by atoms with Crippen molar-refractivity contribution in [2.24, 2.45) is 17.8 Å². The van der Waals surface area contributed by atoms with Crippen LogP contribution < -0.4 is 4.74 Å². The molecule has 1 fully saturated rings. The summed E-state index contributed by atoms with van der Waals surface area (Å²) >= 11 is 0. The van der Waals surface area contributed by atoms with Gasteiger partial charge in [-0.2, -0.15) is 0 Å². The highest BCUT2D eigenvalue weighted by molar-refractivity contribution is 6.74. The Hall–Kier alpha value is -2.21. The Labute approximate surface area is 311 Å². The third-order valence-corrected chi connectivity index (χ3v) is 21.5. The number of cyclic esters (lactones) is 1. The van der Waals surface area contributed by atoms with Gasteiger partial charge in [0.1, 0.15) is 18.0 Å². The van der Waals surface area contributed by atoms with Gasteiger partial charge in [0.25, 0.3) is 0 Å². The zero-order chi connectivity index (χ0) is 37.9. The first-order valence-corrected chi connectivity index (χ1v) is 25.4. The molecule has 2 aliphatic carbocycles. The maximum Gasteiger partial charge on any atom is 0.347 e. The van der Waals surface area contributed by atoms with E-state index in [1.165, 1.54) is 11.1 Å². The highest BCUT2D eigenvalue weighted by atomic mass is 28.4. The fourth-order valence-corrected chi connectivity index (χ4v) is 9.82. The van der Waals surface area contributed by atoms with Gasteiger partial charge in [-0.25, -0.2) is 4.79 Å². The number of fused-ring (bicyclic) bond motifs is 1. The predicted molar refractivity (Wildman–Crippen MR) is 211 cm³/mol. The molecule has 1 saturated heterocycles. The van der Waals surface area contributed by atoms with E-state index >= 15 is 0 Å². The molecular weight excluding hydrogens is 673 g/mol. The fraction of sp³-hybridized carbons (Fsp3) is 0.714. The van der Waals surface area contributed by atoms with E-state index in [0.29, 0.717) is 25.0 Å². The average molecular weight is 741 g/mol. The molecule has 7 nitrogen and oxygen atoms in total. The van der Waals surface area contributed by atoms with Crippen LogP contribution in [0.1, 0.15) is 106 Å². The lowest BCUT2D eigenvalue weighted by molar-refractivity contribution is -0.164. The average Bonchev–Trinajstić information content (AvgIpc) is 3.01. The molecule has 0 amide bonds. The molecule has 286 valence electrons. The van der Waals surface area contributed by atoms with E-state index in [2.05, 4.69) is 99.8 Å². The van der Waals surface area contributed by atoms with Gasteiger partial charge in [-0.05, 0) is 97.1 Å². The second kappa shape index (κ2) is 16.4. The third kappa shape index (κ3) is 10.5. The summed E-state index contributed by atoms with van der Waals surface area (Å²) in [6, 6.07) is 7.95. The van der Waals surface area contributed by atoms with Crippen molar-refractivity contribution < 1.29 is 32.7 Å². The summed E-state index contributed by atoms with van der Waals surface area (Å²) in [6.45, 7) is 28.8. The summed E-state index contributed by atoms with van der Waals surface area (Å²) < 4.78 is 32.4.